The number of pyridine rings is 1. The molecule has 0 atom stereocenters. The molecule has 1 aliphatic carbocycles. The fourth-order valence-electron chi connectivity index (χ4n) is 2.98. The van der Waals surface area contributed by atoms with E-state index in [2.05, 4.69) is 11.9 Å². The predicted octanol–water partition coefficient (Wildman–Crippen LogP) is 3.56. The highest BCUT2D eigenvalue weighted by atomic mass is 35.5. The monoisotopic (exact) mass is 412 g/mol. The van der Waals surface area contributed by atoms with Crippen molar-refractivity contribution in [2.75, 3.05) is 12.8 Å². The summed E-state index contributed by atoms with van der Waals surface area (Å²) in [6, 6.07) is 0.461. The minimum Gasteiger partial charge on any atom is -0.342 e. The Kier molecular flexibility index (Phi) is 6.22. The SMILES string of the molecule is CC1CCC(N(C)C(=O)CS(=O)(=O)c2ncc(C(F)(F)F)cc2Cl)CC1. The number of hydrogen-bond acceptors (Lipinski definition) is 4. The van der Waals surface area contributed by atoms with Gasteiger partial charge in [-0.1, -0.05) is 18.5 Å². The number of alkyl halides is 3. The summed E-state index contributed by atoms with van der Waals surface area (Å²) < 4.78 is 62.7. The fourth-order valence-corrected chi connectivity index (χ4v) is 4.73. The Labute approximate surface area is 155 Å². The van der Waals surface area contributed by atoms with Gasteiger partial charge in [0.2, 0.25) is 15.7 Å². The number of carbonyl (C=O) groups excluding carboxylic acids is 1. The summed E-state index contributed by atoms with van der Waals surface area (Å²) in [5.74, 6) is -0.927. The molecule has 1 heterocycles. The van der Waals surface area contributed by atoms with Gasteiger partial charge in [-0.05, 0) is 37.7 Å². The van der Waals surface area contributed by atoms with Crippen LogP contribution in [0.3, 0.4) is 0 Å². The summed E-state index contributed by atoms with van der Waals surface area (Å²) in [5.41, 5.74) is -1.15. The lowest BCUT2D eigenvalue weighted by molar-refractivity contribution is -0.138. The van der Waals surface area contributed by atoms with E-state index < -0.39 is 43.3 Å². The van der Waals surface area contributed by atoms with E-state index >= 15 is 0 Å². The largest absolute Gasteiger partial charge is 0.417 e. The number of nitrogens with zero attached hydrogens (tertiary/aromatic N) is 2. The van der Waals surface area contributed by atoms with E-state index in [1.807, 2.05) is 0 Å². The lowest BCUT2D eigenvalue weighted by Crippen LogP contribution is -2.42. The van der Waals surface area contributed by atoms with E-state index in [0.29, 0.717) is 18.2 Å². The second-order valence-corrected chi connectivity index (χ2v) is 9.00. The summed E-state index contributed by atoms with van der Waals surface area (Å²) in [6.07, 6.45) is -0.781. The highest BCUT2D eigenvalue weighted by molar-refractivity contribution is 7.92. The van der Waals surface area contributed by atoms with E-state index in [0.717, 1.165) is 25.7 Å². The zero-order valence-corrected chi connectivity index (χ0v) is 16.0. The Morgan fingerprint density at radius 3 is 2.38 bits per heavy atom. The Balaban J connectivity index is 2.14. The number of amides is 1. The molecule has 0 aliphatic heterocycles. The second-order valence-electron chi connectivity index (χ2n) is 6.69. The zero-order chi connectivity index (χ0) is 19.7. The molecule has 1 saturated carbocycles. The molecule has 0 aromatic carbocycles. The van der Waals surface area contributed by atoms with Gasteiger partial charge < -0.3 is 4.90 Å². The quantitative estimate of drug-likeness (QED) is 0.758. The van der Waals surface area contributed by atoms with Gasteiger partial charge in [-0.2, -0.15) is 13.2 Å². The predicted molar refractivity (Wildman–Crippen MR) is 90.5 cm³/mol. The van der Waals surface area contributed by atoms with Crippen molar-refractivity contribution in [1.82, 2.24) is 9.88 Å². The van der Waals surface area contributed by atoms with Crippen molar-refractivity contribution in [3.63, 3.8) is 0 Å². The molecule has 10 heteroatoms. The van der Waals surface area contributed by atoms with Crippen LogP contribution in [0.15, 0.2) is 17.3 Å². The Morgan fingerprint density at radius 1 is 1.31 bits per heavy atom. The molecule has 1 aromatic rings. The Bertz CT molecular complexity index is 775. The van der Waals surface area contributed by atoms with E-state index in [-0.39, 0.29) is 6.04 Å². The smallest absolute Gasteiger partial charge is 0.342 e. The third-order valence-electron chi connectivity index (χ3n) is 4.67. The van der Waals surface area contributed by atoms with Gasteiger partial charge in [0.1, 0.15) is 5.75 Å². The van der Waals surface area contributed by atoms with Crippen LogP contribution in [0.2, 0.25) is 5.02 Å². The maximum absolute atomic E-state index is 12.6. The number of rotatable bonds is 4. The van der Waals surface area contributed by atoms with Crippen molar-refractivity contribution in [2.45, 2.75) is 49.9 Å². The molecule has 0 bridgehead atoms. The Morgan fingerprint density at radius 2 is 1.88 bits per heavy atom. The fraction of sp³-hybridized carbons (Fsp3) is 0.625. The number of hydrogen-bond donors (Lipinski definition) is 0. The van der Waals surface area contributed by atoms with Gasteiger partial charge in [0.25, 0.3) is 0 Å². The number of halogens is 4. The molecule has 1 fully saturated rings. The molecule has 1 aromatic heterocycles. The van der Waals surface area contributed by atoms with Crippen molar-refractivity contribution in [1.29, 1.82) is 0 Å². The van der Waals surface area contributed by atoms with Crippen LogP contribution in [0, 0.1) is 5.92 Å². The Hall–Kier alpha value is -1.35. The van der Waals surface area contributed by atoms with Gasteiger partial charge in [-0.15, -0.1) is 0 Å². The van der Waals surface area contributed by atoms with Gasteiger partial charge >= 0.3 is 6.18 Å². The van der Waals surface area contributed by atoms with Crippen LogP contribution in [-0.4, -0.2) is 43.1 Å². The molecule has 5 nitrogen and oxygen atoms in total. The van der Waals surface area contributed by atoms with Crippen LogP contribution < -0.4 is 0 Å². The molecule has 0 radical (unpaired) electrons. The molecule has 0 spiro atoms. The van der Waals surface area contributed by atoms with Crippen LogP contribution in [0.4, 0.5) is 13.2 Å². The minimum atomic E-state index is -4.69. The van der Waals surface area contributed by atoms with Crippen LogP contribution in [0.5, 0.6) is 0 Å². The van der Waals surface area contributed by atoms with E-state index in [1.54, 1.807) is 7.05 Å². The topological polar surface area (TPSA) is 67.3 Å². The third kappa shape index (κ3) is 4.88. The van der Waals surface area contributed by atoms with Crippen molar-refractivity contribution >= 4 is 27.3 Å². The molecular weight excluding hydrogens is 393 g/mol. The van der Waals surface area contributed by atoms with Crippen molar-refractivity contribution < 1.29 is 26.4 Å². The first-order valence-electron chi connectivity index (χ1n) is 8.13. The summed E-state index contributed by atoms with van der Waals surface area (Å²) in [6.45, 7) is 2.13. The van der Waals surface area contributed by atoms with Gasteiger partial charge in [0.05, 0.1) is 10.6 Å². The molecule has 146 valence electrons. The van der Waals surface area contributed by atoms with Crippen molar-refractivity contribution in [3.8, 4) is 0 Å². The summed E-state index contributed by atoms with van der Waals surface area (Å²) in [5, 5.41) is -1.37. The summed E-state index contributed by atoms with van der Waals surface area (Å²) in [7, 11) is -2.71. The van der Waals surface area contributed by atoms with Crippen LogP contribution in [0.1, 0.15) is 38.2 Å². The molecule has 0 N–H and O–H groups in total. The molecule has 0 unspecified atom stereocenters. The maximum Gasteiger partial charge on any atom is 0.417 e. The molecule has 2 rings (SSSR count). The molecular formula is C16H20ClF3N2O3S. The maximum atomic E-state index is 12.6. The van der Waals surface area contributed by atoms with Gasteiger partial charge in [0.15, 0.2) is 5.03 Å². The molecule has 0 saturated heterocycles. The average Bonchev–Trinajstić information content (AvgIpc) is 2.53. The first-order valence-corrected chi connectivity index (χ1v) is 10.2. The first kappa shape index (κ1) is 21.0. The lowest BCUT2D eigenvalue weighted by atomic mass is 9.87. The molecule has 26 heavy (non-hydrogen) atoms. The standard InChI is InChI=1S/C16H20ClF3N2O3S/c1-10-3-5-12(6-4-10)22(2)14(23)9-26(24,25)15-13(17)7-11(8-21-15)16(18,19)20/h7-8,10,12H,3-6,9H2,1-2H3. The van der Waals surface area contributed by atoms with Gasteiger partial charge in [0, 0.05) is 19.3 Å². The summed E-state index contributed by atoms with van der Waals surface area (Å²) >= 11 is 5.68. The van der Waals surface area contributed by atoms with Crippen LogP contribution in [0.25, 0.3) is 0 Å². The summed E-state index contributed by atoms with van der Waals surface area (Å²) in [4.78, 5) is 17.1. The molecule has 1 aliphatic rings. The average molecular weight is 413 g/mol. The first-order chi connectivity index (χ1) is 11.9. The van der Waals surface area contributed by atoms with Gasteiger partial charge in [-0.25, -0.2) is 13.4 Å². The van der Waals surface area contributed by atoms with Crippen molar-refractivity contribution in [2.24, 2.45) is 5.92 Å². The highest BCUT2D eigenvalue weighted by Crippen LogP contribution is 2.32. The molecule has 1 amide bonds. The van der Waals surface area contributed by atoms with E-state index in [9.17, 15) is 26.4 Å². The normalized spacial score (nSPS) is 21.5. The second kappa shape index (κ2) is 7.72. The number of aromatic nitrogens is 1. The number of carbonyl (C=O) groups is 1. The van der Waals surface area contributed by atoms with Crippen molar-refractivity contribution in [3.05, 3.63) is 22.8 Å². The van der Waals surface area contributed by atoms with E-state index in [1.165, 1.54) is 4.90 Å². The lowest BCUT2D eigenvalue weighted by Gasteiger charge is -2.33. The third-order valence-corrected chi connectivity index (χ3v) is 6.61. The zero-order valence-electron chi connectivity index (χ0n) is 14.4. The highest BCUT2D eigenvalue weighted by Gasteiger charge is 2.34. The number of sulfone groups is 1. The van der Waals surface area contributed by atoms with Gasteiger partial charge in [-0.3, -0.25) is 4.79 Å². The van der Waals surface area contributed by atoms with Crippen LogP contribution >= 0.6 is 11.6 Å². The van der Waals surface area contributed by atoms with Crippen LogP contribution in [-0.2, 0) is 20.8 Å². The minimum absolute atomic E-state index is 0.0371. The van der Waals surface area contributed by atoms with E-state index in [4.69, 9.17) is 11.6 Å².